The van der Waals surface area contributed by atoms with Crippen LogP contribution in [0.4, 0.5) is 5.82 Å². The van der Waals surface area contributed by atoms with Crippen LogP contribution in [-0.2, 0) is 7.05 Å². The van der Waals surface area contributed by atoms with E-state index in [0.717, 1.165) is 5.56 Å². The molecule has 0 bridgehead atoms. The number of halogens is 2. The highest BCUT2D eigenvalue weighted by Crippen LogP contribution is 2.31. The van der Waals surface area contributed by atoms with Crippen molar-refractivity contribution in [2.75, 3.05) is 12.1 Å². The molecule has 1 aromatic heterocycles. The molecule has 0 fully saturated rings. The maximum Gasteiger partial charge on any atom is 0.171 e. The molecule has 18 heavy (non-hydrogen) atoms. The molecule has 94 valence electrons. The number of hydrogen-bond donors (Lipinski definition) is 0. The van der Waals surface area contributed by atoms with Crippen LogP contribution in [0.1, 0.15) is 5.56 Å². The number of aromatic nitrogens is 2. The topological polar surface area (TPSA) is 33.4 Å². The smallest absolute Gasteiger partial charge is 0.171 e. The molecule has 0 aliphatic rings. The van der Waals surface area contributed by atoms with Crippen molar-refractivity contribution >= 4 is 35.2 Å². The van der Waals surface area contributed by atoms with Gasteiger partial charge in [0.05, 0.1) is 6.21 Å². The Morgan fingerprint density at radius 2 is 1.94 bits per heavy atom. The summed E-state index contributed by atoms with van der Waals surface area (Å²) in [6.07, 6.45) is 1.75. The van der Waals surface area contributed by atoms with Gasteiger partial charge in [-0.15, -0.1) is 0 Å². The summed E-state index contributed by atoms with van der Waals surface area (Å²) < 4.78 is 1.59. The minimum Gasteiger partial charge on any atom is -0.250 e. The summed E-state index contributed by atoms with van der Waals surface area (Å²) in [5, 5.41) is 10.6. The number of aryl methyl sites for hydroxylation is 1. The molecule has 0 aliphatic carbocycles. The van der Waals surface area contributed by atoms with E-state index < -0.39 is 0 Å². The van der Waals surface area contributed by atoms with Gasteiger partial charge < -0.3 is 0 Å². The minimum atomic E-state index is 0.274. The monoisotopic (exact) mass is 282 g/mol. The molecular formula is C12H12Cl2N4. The lowest BCUT2D eigenvalue weighted by Crippen LogP contribution is -2.13. The van der Waals surface area contributed by atoms with Crippen molar-refractivity contribution in [2.45, 2.75) is 0 Å². The van der Waals surface area contributed by atoms with Gasteiger partial charge >= 0.3 is 0 Å². The number of rotatable bonds is 3. The summed E-state index contributed by atoms with van der Waals surface area (Å²) in [6.45, 7) is 0. The molecule has 0 spiro atoms. The van der Waals surface area contributed by atoms with Gasteiger partial charge in [-0.1, -0.05) is 53.5 Å². The molecule has 0 aliphatic heterocycles. The first-order valence-electron chi connectivity index (χ1n) is 5.30. The van der Waals surface area contributed by atoms with Gasteiger partial charge in [0.1, 0.15) is 5.02 Å². The number of hydrogen-bond acceptors (Lipinski definition) is 3. The third-order valence-electron chi connectivity index (χ3n) is 2.41. The van der Waals surface area contributed by atoms with Crippen LogP contribution in [0.2, 0.25) is 10.2 Å². The molecular weight excluding hydrogens is 271 g/mol. The Hall–Kier alpha value is -1.52. The number of benzene rings is 1. The average molecular weight is 283 g/mol. The molecule has 0 N–H and O–H groups in total. The highest BCUT2D eigenvalue weighted by Gasteiger charge is 2.15. The largest absolute Gasteiger partial charge is 0.250 e. The lowest BCUT2D eigenvalue weighted by atomic mass is 10.2. The molecule has 2 aromatic rings. The Balaban J connectivity index is 2.22. The second-order valence-electron chi connectivity index (χ2n) is 3.73. The SMILES string of the molecule is CN(/N=C/c1ccccc1)c1c(Cl)c(Cl)nn1C. The molecule has 0 saturated heterocycles. The summed E-state index contributed by atoms with van der Waals surface area (Å²) >= 11 is 11.9. The Kier molecular flexibility index (Phi) is 3.89. The fourth-order valence-electron chi connectivity index (χ4n) is 1.56. The van der Waals surface area contributed by atoms with Crippen molar-refractivity contribution in [2.24, 2.45) is 12.1 Å². The highest BCUT2D eigenvalue weighted by atomic mass is 35.5. The molecule has 1 aromatic carbocycles. The van der Waals surface area contributed by atoms with E-state index in [-0.39, 0.29) is 5.15 Å². The fraction of sp³-hybridized carbons (Fsp3) is 0.167. The molecule has 6 heteroatoms. The first-order valence-corrected chi connectivity index (χ1v) is 6.06. The second-order valence-corrected chi connectivity index (χ2v) is 4.47. The summed E-state index contributed by atoms with van der Waals surface area (Å²) in [5.74, 6) is 0.647. The molecule has 2 rings (SSSR count). The molecule has 0 unspecified atom stereocenters. The van der Waals surface area contributed by atoms with Gasteiger partial charge in [-0.2, -0.15) is 10.2 Å². The molecule has 1 heterocycles. The number of hydrazone groups is 1. The maximum atomic E-state index is 6.06. The Labute approximate surface area is 115 Å². The van der Waals surface area contributed by atoms with Gasteiger partial charge in [0, 0.05) is 14.1 Å². The van der Waals surface area contributed by atoms with E-state index in [1.807, 2.05) is 30.3 Å². The predicted molar refractivity (Wildman–Crippen MR) is 75.7 cm³/mol. The lowest BCUT2D eigenvalue weighted by Gasteiger charge is -2.12. The highest BCUT2D eigenvalue weighted by molar-refractivity contribution is 6.42. The van der Waals surface area contributed by atoms with Gasteiger partial charge in [-0.05, 0) is 5.56 Å². The van der Waals surface area contributed by atoms with E-state index >= 15 is 0 Å². The third kappa shape index (κ3) is 2.66. The predicted octanol–water partition coefficient (Wildman–Crippen LogP) is 3.20. The first-order chi connectivity index (χ1) is 8.59. The molecule has 0 radical (unpaired) electrons. The molecule has 0 atom stereocenters. The summed E-state index contributed by atoms with van der Waals surface area (Å²) in [7, 11) is 3.56. The standard InChI is InChI=1S/C12H12Cl2N4/c1-17(12-10(13)11(14)16-18(12)2)15-8-9-6-4-3-5-7-9/h3-8H,1-2H3/b15-8+. The van der Waals surface area contributed by atoms with Crippen LogP contribution in [0.3, 0.4) is 0 Å². The number of nitrogens with zero attached hydrogens (tertiary/aromatic N) is 4. The van der Waals surface area contributed by atoms with E-state index in [1.165, 1.54) is 0 Å². The van der Waals surface area contributed by atoms with Crippen molar-refractivity contribution < 1.29 is 0 Å². The van der Waals surface area contributed by atoms with Gasteiger partial charge in [-0.3, -0.25) is 0 Å². The normalized spacial score (nSPS) is 11.1. The Bertz CT molecular complexity index is 563. The average Bonchev–Trinajstić information content (AvgIpc) is 2.62. The zero-order valence-corrected chi connectivity index (χ0v) is 11.5. The van der Waals surface area contributed by atoms with Crippen LogP contribution >= 0.6 is 23.2 Å². The van der Waals surface area contributed by atoms with Crippen LogP contribution in [0.15, 0.2) is 35.4 Å². The van der Waals surface area contributed by atoms with Crippen LogP contribution in [0.25, 0.3) is 0 Å². The molecule has 4 nitrogen and oxygen atoms in total. The van der Waals surface area contributed by atoms with E-state index in [1.54, 1.807) is 30.0 Å². The van der Waals surface area contributed by atoms with Crippen molar-refractivity contribution in [3.05, 3.63) is 46.1 Å². The summed E-state index contributed by atoms with van der Waals surface area (Å²) in [6, 6.07) is 9.80. The number of anilines is 1. The fourth-order valence-corrected chi connectivity index (χ4v) is 2.04. The van der Waals surface area contributed by atoms with E-state index in [4.69, 9.17) is 23.2 Å². The Morgan fingerprint density at radius 1 is 1.28 bits per heavy atom. The van der Waals surface area contributed by atoms with E-state index in [0.29, 0.717) is 10.8 Å². The van der Waals surface area contributed by atoms with Crippen LogP contribution in [0.5, 0.6) is 0 Å². The quantitative estimate of drug-likeness (QED) is 0.640. The second kappa shape index (κ2) is 5.42. The minimum absolute atomic E-state index is 0.274. The van der Waals surface area contributed by atoms with E-state index in [9.17, 15) is 0 Å². The van der Waals surface area contributed by atoms with Crippen LogP contribution in [-0.4, -0.2) is 23.0 Å². The molecule has 0 amide bonds. The molecule has 0 saturated carbocycles. The van der Waals surface area contributed by atoms with Crippen molar-refractivity contribution in [1.29, 1.82) is 0 Å². The van der Waals surface area contributed by atoms with Gasteiger partial charge in [-0.25, -0.2) is 9.69 Å². The van der Waals surface area contributed by atoms with Crippen LogP contribution < -0.4 is 5.01 Å². The third-order valence-corrected chi connectivity index (χ3v) is 3.12. The van der Waals surface area contributed by atoms with Crippen molar-refractivity contribution in [1.82, 2.24) is 9.78 Å². The lowest BCUT2D eigenvalue weighted by molar-refractivity contribution is 0.745. The van der Waals surface area contributed by atoms with Crippen molar-refractivity contribution in [3.63, 3.8) is 0 Å². The van der Waals surface area contributed by atoms with E-state index in [2.05, 4.69) is 10.2 Å². The zero-order chi connectivity index (χ0) is 13.1. The maximum absolute atomic E-state index is 6.06. The Morgan fingerprint density at radius 3 is 2.50 bits per heavy atom. The summed E-state index contributed by atoms with van der Waals surface area (Å²) in [5.41, 5.74) is 1.01. The van der Waals surface area contributed by atoms with Gasteiger partial charge in [0.25, 0.3) is 0 Å². The van der Waals surface area contributed by atoms with Gasteiger partial charge in [0.15, 0.2) is 11.0 Å². The van der Waals surface area contributed by atoms with Crippen molar-refractivity contribution in [3.8, 4) is 0 Å². The van der Waals surface area contributed by atoms with Crippen LogP contribution in [0, 0.1) is 0 Å². The van der Waals surface area contributed by atoms with Gasteiger partial charge in [0.2, 0.25) is 0 Å². The first kappa shape index (κ1) is 12.9. The zero-order valence-electron chi connectivity index (χ0n) is 10.0. The summed E-state index contributed by atoms with van der Waals surface area (Å²) in [4.78, 5) is 0.